The lowest BCUT2D eigenvalue weighted by Gasteiger charge is -2.30. The molecule has 1 heterocycles. The highest BCUT2D eigenvalue weighted by atomic mass is 16.6. The van der Waals surface area contributed by atoms with Crippen molar-refractivity contribution in [2.75, 3.05) is 31.4 Å². The fraction of sp³-hybridized carbons (Fsp3) is 0.370. The number of carbonyl (C=O) groups excluding carboxylic acids is 1. The first-order valence-electron chi connectivity index (χ1n) is 12.4. The summed E-state index contributed by atoms with van der Waals surface area (Å²) in [5.41, 5.74) is -0.0645. The van der Waals surface area contributed by atoms with Gasteiger partial charge in [0, 0.05) is 44.4 Å². The molecule has 0 radical (unpaired) electrons. The zero-order valence-electron chi connectivity index (χ0n) is 21.9. The molecule has 2 N–H and O–H groups in total. The van der Waals surface area contributed by atoms with Crippen LogP contribution >= 0.6 is 0 Å². The molecule has 1 fully saturated rings. The number of methoxy groups -OCH3 is 1. The molecule has 4 rings (SSSR count). The Morgan fingerprint density at radius 2 is 1.66 bits per heavy atom. The van der Waals surface area contributed by atoms with E-state index in [0.717, 1.165) is 37.3 Å². The van der Waals surface area contributed by atoms with Crippen molar-refractivity contribution >= 4 is 23.2 Å². The Balaban J connectivity index is 1.41. The van der Waals surface area contributed by atoms with Crippen LogP contribution in [0.1, 0.15) is 41.9 Å². The van der Waals surface area contributed by atoms with Crippen molar-refractivity contribution < 1.29 is 19.2 Å². The maximum absolute atomic E-state index is 13.2. The van der Waals surface area contributed by atoms with E-state index in [2.05, 4.69) is 20.6 Å². The quantitative estimate of drug-likeness (QED) is 0.304. The lowest BCUT2D eigenvalue weighted by atomic mass is 9.91. The van der Waals surface area contributed by atoms with Gasteiger partial charge in [-0.05, 0) is 62.9 Å². The van der Waals surface area contributed by atoms with Gasteiger partial charge in [-0.2, -0.15) is 0 Å². The summed E-state index contributed by atoms with van der Waals surface area (Å²) >= 11 is 0. The van der Waals surface area contributed by atoms with E-state index in [-0.39, 0.29) is 29.1 Å². The van der Waals surface area contributed by atoms with Crippen LogP contribution in [0.4, 0.5) is 17.3 Å². The van der Waals surface area contributed by atoms with Gasteiger partial charge < -0.3 is 25.0 Å². The minimum atomic E-state index is -0.526. The van der Waals surface area contributed by atoms with Crippen LogP contribution in [0.15, 0.2) is 48.5 Å². The van der Waals surface area contributed by atoms with E-state index in [4.69, 9.17) is 9.47 Å². The van der Waals surface area contributed by atoms with Crippen molar-refractivity contribution in [2.45, 2.75) is 44.7 Å². The molecule has 1 aliphatic carbocycles. The summed E-state index contributed by atoms with van der Waals surface area (Å²) in [6.07, 6.45) is 3.21. The minimum Gasteiger partial charge on any atom is -0.497 e. The van der Waals surface area contributed by atoms with Crippen LogP contribution in [0.2, 0.25) is 0 Å². The number of anilines is 2. The summed E-state index contributed by atoms with van der Waals surface area (Å²) < 4.78 is 11.1. The zero-order chi connectivity index (χ0) is 27.2. The van der Waals surface area contributed by atoms with Crippen LogP contribution < -0.4 is 25.0 Å². The first-order valence-corrected chi connectivity index (χ1v) is 12.4. The number of aryl methyl sites for hydroxylation is 1. The Kier molecular flexibility index (Phi) is 8.25. The highest BCUT2D eigenvalue weighted by Gasteiger charge is 2.25. The molecule has 11 heteroatoms. The molecule has 1 aromatic heterocycles. The van der Waals surface area contributed by atoms with Gasteiger partial charge in [-0.25, -0.2) is 9.97 Å². The smallest absolute Gasteiger partial charge is 0.270 e. The molecule has 11 nitrogen and oxygen atoms in total. The van der Waals surface area contributed by atoms with Crippen molar-refractivity contribution in [3.05, 3.63) is 70.0 Å². The summed E-state index contributed by atoms with van der Waals surface area (Å²) in [7, 11) is 5.44. The van der Waals surface area contributed by atoms with Crippen LogP contribution in [0.25, 0.3) is 0 Å². The first-order chi connectivity index (χ1) is 18.2. The number of nitro groups is 1. The van der Waals surface area contributed by atoms with Gasteiger partial charge in [0.05, 0.1) is 17.6 Å². The summed E-state index contributed by atoms with van der Waals surface area (Å²) in [5.74, 6) is 3.30. The Labute approximate surface area is 221 Å². The molecule has 200 valence electrons. The second-order valence-electron chi connectivity index (χ2n) is 9.43. The van der Waals surface area contributed by atoms with Crippen LogP contribution in [0, 0.1) is 17.0 Å². The Morgan fingerprint density at radius 1 is 1.00 bits per heavy atom. The minimum absolute atomic E-state index is 0.0573. The van der Waals surface area contributed by atoms with Crippen molar-refractivity contribution in [1.29, 1.82) is 0 Å². The molecule has 0 aliphatic heterocycles. The third-order valence-corrected chi connectivity index (χ3v) is 6.40. The van der Waals surface area contributed by atoms with Gasteiger partial charge in [0.25, 0.3) is 11.6 Å². The normalized spacial score (nSPS) is 16.8. The number of non-ortho nitro benzene ring substituents is 1. The molecular weight excluding hydrogens is 488 g/mol. The summed E-state index contributed by atoms with van der Waals surface area (Å²) in [5, 5.41) is 17.9. The van der Waals surface area contributed by atoms with Crippen molar-refractivity contribution in [2.24, 2.45) is 0 Å². The lowest BCUT2D eigenvalue weighted by molar-refractivity contribution is -0.384. The van der Waals surface area contributed by atoms with E-state index in [0.29, 0.717) is 17.3 Å². The average molecular weight is 521 g/mol. The number of benzene rings is 2. The van der Waals surface area contributed by atoms with Crippen molar-refractivity contribution in [1.82, 2.24) is 15.3 Å². The number of carbonyl (C=O) groups is 1. The molecule has 0 atom stereocenters. The molecule has 0 spiro atoms. The molecule has 3 aromatic rings. The van der Waals surface area contributed by atoms with E-state index in [1.54, 1.807) is 31.4 Å². The molecule has 2 aromatic carbocycles. The number of nitrogens with one attached hydrogen (secondary N) is 2. The third kappa shape index (κ3) is 6.67. The molecule has 1 saturated carbocycles. The second kappa shape index (κ2) is 11.8. The number of hydrogen-bond donors (Lipinski definition) is 2. The van der Waals surface area contributed by atoms with Gasteiger partial charge in [-0.3, -0.25) is 14.9 Å². The number of ether oxygens (including phenoxy) is 2. The predicted octanol–water partition coefficient (Wildman–Crippen LogP) is 4.71. The number of hydrogen-bond acceptors (Lipinski definition) is 9. The maximum atomic E-state index is 13.2. The second-order valence-corrected chi connectivity index (χ2v) is 9.43. The average Bonchev–Trinajstić information content (AvgIpc) is 2.90. The van der Waals surface area contributed by atoms with Gasteiger partial charge in [0.1, 0.15) is 34.7 Å². The van der Waals surface area contributed by atoms with Crippen LogP contribution in [0.3, 0.4) is 0 Å². The standard InChI is InChI=1S/C27H32N6O5/c1-17-28-25(16-26(29-17)32(2)3)30-18-5-7-19(8-6-18)31-27(34)23-15-20(33(35)36)9-14-24(23)38-22-12-10-21(37-4)11-13-22/h9-16,18-19H,5-8H2,1-4H3,(H,31,34)(H,28,29,30)/t18-,19+. The van der Waals surface area contributed by atoms with Crippen LogP contribution in [-0.2, 0) is 0 Å². The number of nitrogens with zero attached hydrogens (tertiary/aromatic N) is 4. The third-order valence-electron chi connectivity index (χ3n) is 6.40. The van der Waals surface area contributed by atoms with Crippen LogP contribution in [-0.4, -0.2) is 54.1 Å². The molecule has 38 heavy (non-hydrogen) atoms. The van der Waals surface area contributed by atoms with Gasteiger partial charge in [-0.1, -0.05) is 0 Å². The summed E-state index contributed by atoms with van der Waals surface area (Å²) in [6, 6.07) is 13.0. The summed E-state index contributed by atoms with van der Waals surface area (Å²) in [4.78, 5) is 34.9. The van der Waals surface area contributed by atoms with Gasteiger partial charge in [0.2, 0.25) is 0 Å². The largest absolute Gasteiger partial charge is 0.497 e. The molecule has 1 amide bonds. The number of aromatic nitrogens is 2. The summed E-state index contributed by atoms with van der Waals surface area (Å²) in [6.45, 7) is 1.87. The van der Waals surface area contributed by atoms with Gasteiger partial charge in [-0.15, -0.1) is 0 Å². The molecular formula is C27H32N6O5. The lowest BCUT2D eigenvalue weighted by Crippen LogP contribution is -2.40. The van der Waals surface area contributed by atoms with Crippen molar-refractivity contribution in [3.8, 4) is 17.2 Å². The Hall–Kier alpha value is -4.41. The molecule has 0 saturated heterocycles. The highest BCUT2D eigenvalue weighted by molar-refractivity contribution is 5.98. The fourth-order valence-electron chi connectivity index (χ4n) is 4.38. The monoisotopic (exact) mass is 520 g/mol. The van der Waals surface area contributed by atoms with Crippen LogP contribution in [0.5, 0.6) is 17.2 Å². The highest BCUT2D eigenvalue weighted by Crippen LogP contribution is 2.31. The number of rotatable bonds is 9. The topological polar surface area (TPSA) is 132 Å². The Morgan fingerprint density at radius 3 is 2.29 bits per heavy atom. The molecule has 1 aliphatic rings. The molecule has 0 bridgehead atoms. The van der Waals surface area contributed by atoms with E-state index >= 15 is 0 Å². The fourth-order valence-corrected chi connectivity index (χ4v) is 4.38. The van der Waals surface area contributed by atoms with E-state index < -0.39 is 10.8 Å². The maximum Gasteiger partial charge on any atom is 0.270 e. The Bertz CT molecular complexity index is 1290. The number of nitro benzene ring substituents is 1. The van der Waals surface area contributed by atoms with Gasteiger partial charge >= 0.3 is 0 Å². The van der Waals surface area contributed by atoms with Gasteiger partial charge in [0.15, 0.2) is 0 Å². The van der Waals surface area contributed by atoms with E-state index in [1.807, 2.05) is 32.0 Å². The van der Waals surface area contributed by atoms with Crippen molar-refractivity contribution in [3.63, 3.8) is 0 Å². The van der Waals surface area contributed by atoms with E-state index in [1.165, 1.54) is 18.2 Å². The SMILES string of the molecule is COc1ccc(Oc2ccc([N+](=O)[O-])cc2C(=O)N[C@H]2CC[C@@H](Nc3cc(N(C)C)nc(C)n3)CC2)cc1. The van der Waals surface area contributed by atoms with E-state index in [9.17, 15) is 14.9 Å². The zero-order valence-corrected chi connectivity index (χ0v) is 21.9. The first kappa shape index (κ1) is 26.6. The molecule has 0 unspecified atom stereocenters. The number of amides is 1. The predicted molar refractivity (Wildman–Crippen MR) is 144 cm³/mol.